The Labute approximate surface area is 67.0 Å². The first kappa shape index (κ1) is 7.93. The average Bonchev–Trinajstić information content (AvgIpc) is 2.04. The topological polar surface area (TPSA) is 17.1 Å². The minimum absolute atomic E-state index is 0.708. The van der Waals surface area contributed by atoms with Crippen LogP contribution >= 0.6 is 0 Å². The average molecular weight is 144 g/mol. The number of benzene rings is 1. The summed E-state index contributed by atoms with van der Waals surface area (Å²) in [6.07, 6.45) is 0.851. The Balaban J connectivity index is 3.35. The minimum atomic E-state index is 0.708. The molecule has 2 heteroatoms. The monoisotopic (exact) mass is 144 g/mol. The molecule has 0 aliphatic carbocycles. The van der Waals surface area contributed by atoms with Crippen molar-refractivity contribution in [3.63, 3.8) is 0 Å². The zero-order valence-electron chi connectivity index (χ0n) is 6.50. The van der Waals surface area contributed by atoms with Crippen LogP contribution in [0.25, 0.3) is 0 Å². The zero-order chi connectivity index (χ0) is 8.27. The second-order valence-electron chi connectivity index (χ2n) is 2.40. The Hall–Kier alpha value is -1.18. The molecule has 0 aliphatic rings. The molecule has 0 unspecified atom stereocenters. The first-order valence-electron chi connectivity index (χ1n) is 3.47. The van der Waals surface area contributed by atoms with Crippen LogP contribution in [0.3, 0.4) is 0 Å². The van der Waals surface area contributed by atoms with Gasteiger partial charge in [0.2, 0.25) is 0 Å². The van der Waals surface area contributed by atoms with Crippen molar-refractivity contribution in [3.8, 4) is 0 Å². The van der Waals surface area contributed by atoms with Crippen LogP contribution in [-0.2, 0) is 0 Å². The van der Waals surface area contributed by atoms with Gasteiger partial charge >= 0.3 is 66.2 Å². The number of hydrogen-bond donors (Lipinski definition) is 0. The molecule has 1 aromatic rings. The number of carbonyl (C=O) groups excluding carboxylic acids is 1. The van der Waals surface area contributed by atoms with Gasteiger partial charge in [-0.3, -0.25) is 0 Å². The molecule has 0 atom stereocenters. The van der Waals surface area contributed by atoms with E-state index in [2.05, 4.69) is 6.47 Å². The van der Waals surface area contributed by atoms with Crippen LogP contribution in [0.2, 0.25) is 0 Å². The van der Waals surface area contributed by atoms with Crippen molar-refractivity contribution >= 4 is 25.1 Å². The predicted octanol–water partition coefficient (Wildman–Crippen LogP) is 0.569. The van der Waals surface area contributed by atoms with Gasteiger partial charge in [0.05, 0.1) is 0 Å². The van der Waals surface area contributed by atoms with Crippen LogP contribution in [0.4, 0.5) is 0 Å². The van der Waals surface area contributed by atoms with Gasteiger partial charge in [-0.05, 0) is 0 Å². The quantitative estimate of drug-likeness (QED) is 0.438. The summed E-state index contributed by atoms with van der Waals surface area (Å²) in [6.45, 7) is 7.31. The van der Waals surface area contributed by atoms with E-state index in [1.54, 1.807) is 13.0 Å². The second kappa shape index (κ2) is 3.29. The fourth-order valence-electron chi connectivity index (χ4n) is 1.08. The summed E-state index contributed by atoms with van der Waals surface area (Å²) in [5, 5.41) is 0. The van der Waals surface area contributed by atoms with Gasteiger partial charge in [0.1, 0.15) is 0 Å². The molecule has 0 amide bonds. The Morgan fingerprint density at radius 3 is 2.73 bits per heavy atom. The summed E-state index contributed by atoms with van der Waals surface area (Å²) in [4.78, 5) is 10.5. The molecule has 0 aromatic heterocycles. The van der Waals surface area contributed by atoms with Crippen molar-refractivity contribution in [2.75, 3.05) is 0 Å². The summed E-state index contributed by atoms with van der Waals surface area (Å²) in [6, 6.07) is 5.62. The maximum atomic E-state index is 10.5. The van der Waals surface area contributed by atoms with Crippen LogP contribution < -0.4 is 5.46 Å². The van der Waals surface area contributed by atoms with Gasteiger partial charge < -0.3 is 0 Å². The van der Waals surface area contributed by atoms with Crippen molar-refractivity contribution < 1.29 is 4.79 Å². The third-order valence-corrected chi connectivity index (χ3v) is 1.69. The third-order valence-electron chi connectivity index (χ3n) is 1.69. The van der Waals surface area contributed by atoms with E-state index < -0.39 is 0 Å². The van der Waals surface area contributed by atoms with Crippen molar-refractivity contribution in [1.82, 2.24) is 0 Å². The van der Waals surface area contributed by atoms with Gasteiger partial charge in [0, 0.05) is 0 Å². The van der Waals surface area contributed by atoms with Crippen molar-refractivity contribution in [2.24, 2.45) is 0 Å². The Morgan fingerprint density at radius 1 is 1.55 bits per heavy atom. The standard InChI is InChI=1S/C9H9BO/c1-7-4-3-5-8(6-11)9(7)10-2/h3-6H,2H2,1H3. The summed E-state index contributed by atoms with van der Waals surface area (Å²) in [7, 11) is 0. The number of hydrogen-bond acceptors (Lipinski definition) is 1. The van der Waals surface area contributed by atoms with E-state index in [1.807, 2.05) is 19.1 Å². The molecule has 0 spiro atoms. The van der Waals surface area contributed by atoms with Crippen LogP contribution in [0.15, 0.2) is 18.2 Å². The fourth-order valence-corrected chi connectivity index (χ4v) is 1.08. The molecule has 0 fully saturated rings. The van der Waals surface area contributed by atoms with Crippen LogP contribution in [-0.4, -0.2) is 19.7 Å². The van der Waals surface area contributed by atoms with E-state index >= 15 is 0 Å². The fraction of sp³-hybridized carbons (Fsp3) is 0.111. The van der Waals surface area contributed by atoms with Gasteiger partial charge in [-0.1, -0.05) is 0 Å². The summed E-state index contributed by atoms with van der Waals surface area (Å²) in [5.74, 6) is 0. The van der Waals surface area contributed by atoms with Crippen molar-refractivity contribution in [2.45, 2.75) is 6.92 Å². The molecule has 0 N–H and O–H groups in total. The van der Waals surface area contributed by atoms with E-state index in [-0.39, 0.29) is 0 Å². The summed E-state index contributed by atoms with van der Waals surface area (Å²) in [5.41, 5.74) is 2.73. The SMILES string of the molecule is C=Bc1c(C)cccc1C=O. The molecule has 1 nitrogen and oxygen atoms in total. The van der Waals surface area contributed by atoms with Gasteiger partial charge in [-0.15, -0.1) is 0 Å². The molecule has 0 aliphatic heterocycles. The van der Waals surface area contributed by atoms with E-state index in [0.29, 0.717) is 5.56 Å². The molecule has 1 rings (SSSR count). The molecule has 0 heterocycles. The van der Waals surface area contributed by atoms with E-state index in [4.69, 9.17) is 0 Å². The van der Waals surface area contributed by atoms with Crippen LogP contribution in [0.5, 0.6) is 0 Å². The molecule has 0 bridgehead atoms. The normalized spacial score (nSPS) is 8.82. The van der Waals surface area contributed by atoms with E-state index in [1.165, 1.54) is 0 Å². The molecule has 0 radical (unpaired) electrons. The van der Waals surface area contributed by atoms with Crippen molar-refractivity contribution in [1.29, 1.82) is 0 Å². The van der Waals surface area contributed by atoms with E-state index in [9.17, 15) is 4.79 Å². The van der Waals surface area contributed by atoms with Crippen molar-refractivity contribution in [3.05, 3.63) is 29.3 Å². The molecule has 0 saturated heterocycles. The third kappa shape index (κ3) is 1.45. The number of rotatable bonds is 2. The van der Waals surface area contributed by atoms with Gasteiger partial charge in [-0.25, -0.2) is 0 Å². The Morgan fingerprint density at radius 2 is 2.27 bits per heavy atom. The first-order chi connectivity index (χ1) is 5.29. The second-order valence-corrected chi connectivity index (χ2v) is 2.40. The van der Waals surface area contributed by atoms with Gasteiger partial charge in [0.15, 0.2) is 0 Å². The molecule has 0 saturated carbocycles. The summed E-state index contributed by atoms with van der Waals surface area (Å²) < 4.78 is 0. The number of carbonyl (C=O) groups is 1. The molecular weight excluding hydrogens is 135 g/mol. The molecule has 11 heavy (non-hydrogen) atoms. The van der Waals surface area contributed by atoms with Crippen LogP contribution in [0.1, 0.15) is 15.9 Å². The number of aryl methyl sites for hydroxylation is 1. The number of aldehydes is 1. The summed E-state index contributed by atoms with van der Waals surface area (Å²) >= 11 is 0. The first-order valence-corrected chi connectivity index (χ1v) is 3.47. The van der Waals surface area contributed by atoms with Gasteiger partial charge in [0.25, 0.3) is 0 Å². The molecule has 54 valence electrons. The van der Waals surface area contributed by atoms with Gasteiger partial charge in [-0.2, -0.15) is 0 Å². The Bertz CT molecular complexity index is 292. The zero-order valence-corrected chi connectivity index (χ0v) is 6.50. The predicted molar refractivity (Wildman–Crippen MR) is 49.1 cm³/mol. The Kier molecular flexibility index (Phi) is 2.37. The van der Waals surface area contributed by atoms with E-state index in [0.717, 1.165) is 17.3 Å². The van der Waals surface area contributed by atoms with Crippen LogP contribution in [0, 0.1) is 6.92 Å². The molecular formula is C9H9BO. The maximum absolute atomic E-state index is 10.5. The molecule has 1 aromatic carbocycles.